The average Bonchev–Trinajstić information content (AvgIpc) is 2.33. The third-order valence-electron chi connectivity index (χ3n) is 2.68. The van der Waals surface area contributed by atoms with Crippen LogP contribution in [0.4, 0.5) is 0 Å². The number of hydrogen-bond donors (Lipinski definition) is 0. The number of nitrogens with zero attached hydrogens (tertiary/aromatic N) is 1. The van der Waals surface area contributed by atoms with E-state index in [-0.39, 0.29) is 0 Å². The Morgan fingerprint density at radius 3 is 1.67 bits per heavy atom. The summed E-state index contributed by atoms with van der Waals surface area (Å²) in [6.07, 6.45) is 4.98. The zero-order valence-electron chi connectivity index (χ0n) is 12.5. The molecule has 0 saturated carbocycles. The minimum absolute atomic E-state index is 0.425. The molecule has 0 heterocycles. The van der Waals surface area contributed by atoms with Gasteiger partial charge in [0.1, 0.15) is 6.29 Å². The monoisotopic (exact) mass is 279 g/mol. The van der Waals surface area contributed by atoms with Crippen LogP contribution < -0.4 is 0 Å². The van der Waals surface area contributed by atoms with E-state index in [1.165, 1.54) is 0 Å². The predicted octanol–water partition coefficient (Wildman–Crippen LogP) is 4.11. The summed E-state index contributed by atoms with van der Waals surface area (Å²) in [7, 11) is -2.93. The summed E-state index contributed by atoms with van der Waals surface area (Å²) in [4.78, 5) is 2.22. The van der Waals surface area contributed by atoms with Gasteiger partial charge < -0.3 is 9.05 Å². The van der Waals surface area contributed by atoms with Gasteiger partial charge in [-0.3, -0.25) is 9.46 Å². The van der Waals surface area contributed by atoms with E-state index in [1.54, 1.807) is 0 Å². The van der Waals surface area contributed by atoms with E-state index in [4.69, 9.17) is 9.05 Å². The highest BCUT2D eigenvalue weighted by Crippen LogP contribution is 2.48. The zero-order valence-corrected chi connectivity index (χ0v) is 13.4. The number of rotatable bonds is 12. The Bertz CT molecular complexity index is 218. The van der Waals surface area contributed by atoms with Crippen molar-refractivity contribution < 1.29 is 13.6 Å². The van der Waals surface area contributed by atoms with Gasteiger partial charge in [0.05, 0.1) is 13.2 Å². The van der Waals surface area contributed by atoms with E-state index in [2.05, 4.69) is 18.7 Å². The summed E-state index contributed by atoms with van der Waals surface area (Å²) in [6.45, 7) is 10.9. The fourth-order valence-corrected chi connectivity index (χ4v) is 3.57. The van der Waals surface area contributed by atoms with Crippen molar-refractivity contribution in [3.05, 3.63) is 0 Å². The van der Waals surface area contributed by atoms with Gasteiger partial charge in [-0.15, -0.1) is 0 Å². The van der Waals surface area contributed by atoms with Crippen molar-refractivity contribution in [3.63, 3.8) is 0 Å². The molecular formula is C13H30NO3P. The Morgan fingerprint density at radius 1 is 0.889 bits per heavy atom. The molecule has 0 unspecified atom stereocenters. The predicted molar refractivity (Wildman–Crippen MR) is 77.1 cm³/mol. The molecule has 5 heteroatoms. The Kier molecular flexibility index (Phi) is 11.0. The van der Waals surface area contributed by atoms with Gasteiger partial charge >= 0.3 is 7.60 Å². The molecule has 0 radical (unpaired) electrons. The molecule has 0 amide bonds. The van der Waals surface area contributed by atoms with E-state index in [9.17, 15) is 4.57 Å². The molecule has 0 aliphatic heterocycles. The van der Waals surface area contributed by atoms with Crippen LogP contribution in [-0.4, -0.2) is 37.5 Å². The minimum Gasteiger partial charge on any atom is -0.308 e. The second kappa shape index (κ2) is 11.0. The molecule has 0 atom stereocenters. The summed E-state index contributed by atoms with van der Waals surface area (Å²) in [5.41, 5.74) is 0. The van der Waals surface area contributed by atoms with Crippen LogP contribution in [-0.2, 0) is 13.6 Å². The second-order valence-electron chi connectivity index (χ2n) is 4.41. The van der Waals surface area contributed by atoms with Gasteiger partial charge in [-0.25, -0.2) is 0 Å². The molecule has 0 aliphatic carbocycles. The number of unbranched alkanes of at least 4 members (excludes halogenated alkanes) is 2. The van der Waals surface area contributed by atoms with Crippen molar-refractivity contribution in [1.29, 1.82) is 0 Å². The lowest BCUT2D eigenvalue weighted by Gasteiger charge is -2.26. The van der Waals surface area contributed by atoms with Gasteiger partial charge in [-0.1, -0.05) is 26.7 Å². The maximum absolute atomic E-state index is 12.5. The quantitative estimate of drug-likeness (QED) is 0.504. The Balaban J connectivity index is 4.41. The van der Waals surface area contributed by atoms with Crippen molar-refractivity contribution in [2.45, 2.75) is 53.4 Å². The maximum Gasteiger partial charge on any atom is 0.344 e. The molecule has 0 aliphatic rings. The molecule has 0 rings (SSSR count). The normalized spacial score (nSPS) is 12.3. The highest BCUT2D eigenvalue weighted by atomic mass is 31.2. The SMILES string of the molecule is CCCCN(CCCC)CP(=O)(OCC)OCC. The largest absolute Gasteiger partial charge is 0.344 e. The van der Waals surface area contributed by atoms with Gasteiger partial charge in [0.2, 0.25) is 0 Å². The lowest BCUT2D eigenvalue weighted by Crippen LogP contribution is -2.28. The topological polar surface area (TPSA) is 38.8 Å². The highest BCUT2D eigenvalue weighted by Gasteiger charge is 2.26. The molecule has 110 valence electrons. The van der Waals surface area contributed by atoms with Crippen LogP contribution in [0.1, 0.15) is 53.4 Å². The molecule has 4 nitrogen and oxygen atoms in total. The van der Waals surface area contributed by atoms with E-state index in [0.717, 1.165) is 38.8 Å². The lowest BCUT2D eigenvalue weighted by atomic mass is 10.3. The molecule has 0 saturated heterocycles. The van der Waals surface area contributed by atoms with Crippen LogP contribution in [0.3, 0.4) is 0 Å². The first-order valence-corrected chi connectivity index (χ1v) is 8.95. The first kappa shape index (κ1) is 18.1. The van der Waals surface area contributed by atoms with Crippen LogP contribution in [0.5, 0.6) is 0 Å². The molecule has 0 aromatic heterocycles. The Morgan fingerprint density at radius 2 is 1.33 bits per heavy atom. The van der Waals surface area contributed by atoms with Gasteiger partial charge in [-0.05, 0) is 39.8 Å². The van der Waals surface area contributed by atoms with Gasteiger partial charge in [0, 0.05) is 0 Å². The standard InChI is InChI=1S/C13H30NO3P/c1-5-9-11-14(12-10-6-2)13-18(15,16-7-3)17-8-4/h5-13H2,1-4H3. The molecular weight excluding hydrogens is 249 g/mol. The van der Waals surface area contributed by atoms with Crippen LogP contribution >= 0.6 is 7.60 Å². The first-order valence-electron chi connectivity index (χ1n) is 7.22. The Labute approximate surface area is 113 Å². The highest BCUT2D eigenvalue weighted by molar-refractivity contribution is 7.53. The van der Waals surface area contributed by atoms with Crippen molar-refractivity contribution in [3.8, 4) is 0 Å². The van der Waals surface area contributed by atoms with Gasteiger partial charge in [-0.2, -0.15) is 0 Å². The van der Waals surface area contributed by atoms with Crippen molar-refractivity contribution in [2.75, 3.05) is 32.6 Å². The van der Waals surface area contributed by atoms with E-state index in [1.807, 2.05) is 13.8 Å². The molecule has 0 aromatic carbocycles. The van der Waals surface area contributed by atoms with Crippen molar-refractivity contribution >= 4 is 7.60 Å². The van der Waals surface area contributed by atoms with Crippen LogP contribution in [0.2, 0.25) is 0 Å². The molecule has 18 heavy (non-hydrogen) atoms. The van der Waals surface area contributed by atoms with E-state index < -0.39 is 7.60 Å². The van der Waals surface area contributed by atoms with E-state index in [0.29, 0.717) is 19.5 Å². The summed E-state index contributed by atoms with van der Waals surface area (Å²) < 4.78 is 23.2. The molecule has 0 bridgehead atoms. The Hall–Kier alpha value is 0.110. The summed E-state index contributed by atoms with van der Waals surface area (Å²) in [5.74, 6) is 0. The van der Waals surface area contributed by atoms with Gasteiger partial charge in [0.15, 0.2) is 0 Å². The maximum atomic E-state index is 12.5. The van der Waals surface area contributed by atoms with E-state index >= 15 is 0 Å². The van der Waals surface area contributed by atoms with Gasteiger partial charge in [0.25, 0.3) is 0 Å². The molecule has 0 fully saturated rings. The fraction of sp³-hybridized carbons (Fsp3) is 1.00. The average molecular weight is 279 g/mol. The molecule has 0 spiro atoms. The third kappa shape index (κ3) is 8.25. The van der Waals surface area contributed by atoms with Crippen molar-refractivity contribution in [1.82, 2.24) is 4.90 Å². The fourth-order valence-electron chi connectivity index (χ4n) is 1.77. The number of hydrogen-bond acceptors (Lipinski definition) is 4. The van der Waals surface area contributed by atoms with Crippen LogP contribution in [0, 0.1) is 0 Å². The summed E-state index contributed by atoms with van der Waals surface area (Å²) >= 11 is 0. The second-order valence-corrected chi connectivity index (χ2v) is 6.43. The minimum atomic E-state index is -2.93. The smallest absolute Gasteiger partial charge is 0.308 e. The third-order valence-corrected chi connectivity index (χ3v) is 4.73. The lowest BCUT2D eigenvalue weighted by molar-refractivity contribution is 0.194. The summed E-state index contributed by atoms with van der Waals surface area (Å²) in [6, 6.07) is 0. The first-order chi connectivity index (χ1) is 8.61. The zero-order chi connectivity index (χ0) is 13.9. The van der Waals surface area contributed by atoms with Crippen LogP contribution in [0.15, 0.2) is 0 Å². The molecule has 0 N–H and O–H groups in total. The summed E-state index contributed by atoms with van der Waals surface area (Å²) in [5, 5.41) is 0. The molecule has 0 aromatic rings. The van der Waals surface area contributed by atoms with Crippen LogP contribution in [0.25, 0.3) is 0 Å². The van der Waals surface area contributed by atoms with Crippen molar-refractivity contribution in [2.24, 2.45) is 0 Å².